The van der Waals surface area contributed by atoms with Gasteiger partial charge < -0.3 is 15.8 Å². The fraction of sp³-hybridized carbons (Fsp3) is 0.0357. The third-order valence-electron chi connectivity index (χ3n) is 5.80. The molecular formula is C28H21N3O3. The molecule has 5 aromatic rings. The van der Waals surface area contributed by atoms with Gasteiger partial charge in [0.1, 0.15) is 5.75 Å². The second-order valence-electron chi connectivity index (χ2n) is 7.85. The number of anilines is 1. The number of nitrogens with one attached hydrogen (secondary N) is 1. The van der Waals surface area contributed by atoms with Crippen molar-refractivity contribution in [3.63, 3.8) is 0 Å². The smallest absolute Gasteiger partial charge is 0.256 e. The number of carbonyl (C=O) groups excluding carboxylic acids is 2. The van der Waals surface area contributed by atoms with Crippen LogP contribution in [0.15, 0.2) is 91.1 Å². The molecule has 0 unspecified atom stereocenters. The molecule has 0 aliphatic heterocycles. The van der Waals surface area contributed by atoms with E-state index in [9.17, 15) is 9.59 Å². The van der Waals surface area contributed by atoms with Gasteiger partial charge in [-0.15, -0.1) is 0 Å². The van der Waals surface area contributed by atoms with Crippen LogP contribution in [0.25, 0.3) is 32.8 Å². The van der Waals surface area contributed by atoms with E-state index in [1.165, 1.54) is 7.11 Å². The van der Waals surface area contributed by atoms with Crippen LogP contribution in [0, 0.1) is 0 Å². The van der Waals surface area contributed by atoms with E-state index in [-0.39, 0.29) is 5.91 Å². The first-order chi connectivity index (χ1) is 16.5. The zero-order valence-electron chi connectivity index (χ0n) is 18.4. The van der Waals surface area contributed by atoms with Gasteiger partial charge in [0, 0.05) is 28.9 Å². The molecule has 0 aliphatic rings. The van der Waals surface area contributed by atoms with E-state index >= 15 is 0 Å². The van der Waals surface area contributed by atoms with Crippen LogP contribution in [0.1, 0.15) is 20.7 Å². The fourth-order valence-corrected chi connectivity index (χ4v) is 4.16. The highest BCUT2D eigenvalue weighted by molar-refractivity contribution is 6.13. The molecule has 0 radical (unpaired) electrons. The Morgan fingerprint density at radius 3 is 2.44 bits per heavy atom. The number of rotatable bonds is 5. The largest absolute Gasteiger partial charge is 0.496 e. The van der Waals surface area contributed by atoms with Crippen molar-refractivity contribution in [3.8, 4) is 16.9 Å². The molecular weight excluding hydrogens is 426 g/mol. The summed E-state index contributed by atoms with van der Waals surface area (Å²) in [7, 11) is 1.49. The molecule has 0 saturated heterocycles. The molecule has 5 rings (SSSR count). The minimum Gasteiger partial charge on any atom is -0.496 e. The lowest BCUT2D eigenvalue weighted by atomic mass is 9.95. The molecule has 0 atom stereocenters. The summed E-state index contributed by atoms with van der Waals surface area (Å²) < 4.78 is 5.32. The van der Waals surface area contributed by atoms with Crippen molar-refractivity contribution in [3.05, 3.63) is 102 Å². The third-order valence-corrected chi connectivity index (χ3v) is 5.80. The van der Waals surface area contributed by atoms with Gasteiger partial charge >= 0.3 is 0 Å². The molecule has 2 amide bonds. The SMILES string of the molecule is COc1cc2nccc(-c3ccc4c(C(=O)Nc5ccccc5)cccc4c3)c2cc1C(N)=O. The normalized spacial score (nSPS) is 10.9. The van der Waals surface area contributed by atoms with Crippen LogP contribution in [-0.2, 0) is 0 Å². The van der Waals surface area contributed by atoms with Crippen LogP contribution >= 0.6 is 0 Å². The molecule has 0 spiro atoms. The fourth-order valence-electron chi connectivity index (χ4n) is 4.16. The quantitative estimate of drug-likeness (QED) is 0.376. The third kappa shape index (κ3) is 3.82. The van der Waals surface area contributed by atoms with Gasteiger partial charge in [0.25, 0.3) is 11.8 Å². The molecule has 6 heteroatoms. The summed E-state index contributed by atoms with van der Waals surface area (Å²) in [6, 6.07) is 26.3. The van der Waals surface area contributed by atoms with E-state index in [4.69, 9.17) is 10.5 Å². The average molecular weight is 447 g/mol. The number of hydrogen-bond acceptors (Lipinski definition) is 4. The number of benzene rings is 4. The van der Waals surface area contributed by atoms with E-state index in [0.717, 1.165) is 33.0 Å². The van der Waals surface area contributed by atoms with Gasteiger partial charge in [0.05, 0.1) is 18.2 Å². The molecule has 166 valence electrons. The first-order valence-electron chi connectivity index (χ1n) is 10.7. The van der Waals surface area contributed by atoms with Crippen molar-refractivity contribution in [2.24, 2.45) is 5.73 Å². The van der Waals surface area contributed by atoms with Crippen molar-refractivity contribution in [1.82, 2.24) is 4.98 Å². The van der Waals surface area contributed by atoms with Crippen molar-refractivity contribution >= 4 is 39.2 Å². The van der Waals surface area contributed by atoms with Gasteiger partial charge in [-0.2, -0.15) is 0 Å². The second-order valence-corrected chi connectivity index (χ2v) is 7.85. The zero-order chi connectivity index (χ0) is 23.7. The first-order valence-corrected chi connectivity index (χ1v) is 10.7. The number of primary amides is 1. The summed E-state index contributed by atoms with van der Waals surface area (Å²) >= 11 is 0. The lowest BCUT2D eigenvalue weighted by Gasteiger charge is -2.12. The molecule has 1 heterocycles. The predicted molar refractivity (Wildman–Crippen MR) is 134 cm³/mol. The molecule has 1 aromatic heterocycles. The van der Waals surface area contributed by atoms with Gasteiger partial charge in [-0.25, -0.2) is 0 Å². The van der Waals surface area contributed by atoms with Gasteiger partial charge in [0.2, 0.25) is 0 Å². The lowest BCUT2D eigenvalue weighted by molar-refractivity contribution is 0.0995. The van der Waals surface area contributed by atoms with Crippen LogP contribution in [0.5, 0.6) is 5.75 Å². The number of nitrogens with two attached hydrogens (primary N) is 1. The molecule has 0 bridgehead atoms. The lowest BCUT2D eigenvalue weighted by Crippen LogP contribution is -2.12. The van der Waals surface area contributed by atoms with Gasteiger partial charge in [-0.3, -0.25) is 14.6 Å². The highest BCUT2D eigenvalue weighted by Gasteiger charge is 2.15. The van der Waals surface area contributed by atoms with E-state index in [2.05, 4.69) is 10.3 Å². The van der Waals surface area contributed by atoms with Crippen LogP contribution in [-0.4, -0.2) is 23.9 Å². The maximum Gasteiger partial charge on any atom is 0.256 e. The Morgan fingerprint density at radius 1 is 0.853 bits per heavy atom. The summed E-state index contributed by atoms with van der Waals surface area (Å²) in [5.41, 5.74) is 9.72. The molecule has 0 aliphatic carbocycles. The number of fused-ring (bicyclic) bond motifs is 2. The van der Waals surface area contributed by atoms with Crippen molar-refractivity contribution < 1.29 is 14.3 Å². The van der Waals surface area contributed by atoms with Gasteiger partial charge in [0.15, 0.2) is 0 Å². The number of pyridine rings is 1. The van der Waals surface area contributed by atoms with Gasteiger partial charge in [-0.05, 0) is 58.3 Å². The Hall–Kier alpha value is -4.71. The molecule has 0 saturated carbocycles. The number of amides is 2. The summed E-state index contributed by atoms with van der Waals surface area (Å²) in [6.07, 6.45) is 1.72. The molecule has 0 fully saturated rings. The molecule has 6 nitrogen and oxygen atoms in total. The number of aromatic nitrogens is 1. The number of hydrogen-bond donors (Lipinski definition) is 2. The van der Waals surface area contributed by atoms with Crippen molar-refractivity contribution in [2.45, 2.75) is 0 Å². The number of methoxy groups -OCH3 is 1. The van der Waals surface area contributed by atoms with E-state index < -0.39 is 5.91 Å². The van der Waals surface area contributed by atoms with Crippen molar-refractivity contribution in [1.29, 1.82) is 0 Å². The maximum atomic E-state index is 12.9. The highest BCUT2D eigenvalue weighted by Crippen LogP contribution is 2.34. The monoisotopic (exact) mass is 447 g/mol. The second kappa shape index (κ2) is 8.67. The summed E-state index contributed by atoms with van der Waals surface area (Å²) in [5, 5.41) is 5.50. The standard InChI is InChI=1S/C28H21N3O3/c1-34-26-16-25-23(15-24(26)27(29)32)21(12-13-30-25)18-10-11-20-17(14-18)6-5-9-22(20)28(33)31-19-7-3-2-4-8-19/h2-16H,1H3,(H2,29,32)(H,31,33). The summed E-state index contributed by atoms with van der Waals surface area (Å²) in [6.45, 7) is 0. The van der Waals surface area contributed by atoms with E-state index in [0.29, 0.717) is 22.4 Å². The Bertz CT molecular complexity index is 1560. The summed E-state index contributed by atoms with van der Waals surface area (Å²) in [5.74, 6) is -0.351. The van der Waals surface area contributed by atoms with E-state index in [1.807, 2.05) is 72.8 Å². The molecule has 4 aromatic carbocycles. The van der Waals surface area contributed by atoms with Crippen molar-refractivity contribution in [2.75, 3.05) is 12.4 Å². The first kappa shape index (κ1) is 21.2. The topological polar surface area (TPSA) is 94.3 Å². The average Bonchev–Trinajstić information content (AvgIpc) is 2.87. The van der Waals surface area contributed by atoms with Gasteiger partial charge in [-0.1, -0.05) is 42.5 Å². The number of para-hydroxylation sites is 1. The zero-order valence-corrected chi connectivity index (χ0v) is 18.4. The van der Waals surface area contributed by atoms with Crippen LogP contribution in [0.4, 0.5) is 5.69 Å². The van der Waals surface area contributed by atoms with E-state index in [1.54, 1.807) is 18.3 Å². The van der Waals surface area contributed by atoms with Crippen LogP contribution in [0.3, 0.4) is 0 Å². The Morgan fingerprint density at radius 2 is 1.68 bits per heavy atom. The Kier molecular flexibility index (Phi) is 5.40. The summed E-state index contributed by atoms with van der Waals surface area (Å²) in [4.78, 5) is 29.3. The number of ether oxygens (including phenoxy) is 1. The minimum absolute atomic E-state index is 0.169. The molecule has 3 N–H and O–H groups in total. The number of nitrogens with zero attached hydrogens (tertiary/aromatic N) is 1. The van der Waals surface area contributed by atoms with Crippen LogP contribution < -0.4 is 15.8 Å². The minimum atomic E-state index is -0.568. The predicted octanol–water partition coefficient (Wildman–Crippen LogP) is 5.41. The Labute approximate surface area is 196 Å². The van der Waals surface area contributed by atoms with Crippen LogP contribution in [0.2, 0.25) is 0 Å². The number of carbonyl (C=O) groups is 2. The Balaban J connectivity index is 1.60. The highest BCUT2D eigenvalue weighted by atomic mass is 16.5. The maximum absolute atomic E-state index is 12.9. The molecule has 34 heavy (non-hydrogen) atoms.